The van der Waals surface area contributed by atoms with Gasteiger partial charge in [0, 0.05) is 12.8 Å². The van der Waals surface area contributed by atoms with Crippen LogP contribution in [-0.4, -0.2) is 70.0 Å². The van der Waals surface area contributed by atoms with Crippen LogP contribution in [0.15, 0.2) is 122 Å². The third-order valence-electron chi connectivity index (χ3n) is 11.2. The fraction of sp³-hybridized carbons (Fsp3) is 0.639. The van der Waals surface area contributed by atoms with E-state index in [1.165, 1.54) is 70.6 Å². The maximum atomic E-state index is 12.8. The van der Waals surface area contributed by atoms with Crippen LogP contribution in [0.25, 0.3) is 0 Å². The average Bonchev–Trinajstić information content (AvgIpc) is 3.33. The Morgan fingerprint density at radius 1 is 0.451 bits per heavy atom. The monoisotopic (exact) mass is 1010 g/mol. The van der Waals surface area contributed by atoms with E-state index in [1.54, 1.807) is 0 Å². The molecule has 0 saturated heterocycles. The van der Waals surface area contributed by atoms with E-state index in [1.807, 2.05) is 21.1 Å². The Morgan fingerprint density at radius 3 is 1.20 bits per heavy atom. The first-order chi connectivity index (χ1) is 34.5. The van der Waals surface area contributed by atoms with Crippen molar-refractivity contribution in [3.63, 3.8) is 0 Å². The summed E-state index contributed by atoms with van der Waals surface area (Å²) in [5, 5.41) is 0. The molecule has 0 bridgehead atoms. The van der Waals surface area contributed by atoms with Gasteiger partial charge in [0.2, 0.25) is 0 Å². The number of allylic oxidation sites excluding steroid dienone is 20. The molecule has 0 aliphatic carbocycles. The number of likely N-dealkylation sites (N-methyl/N-ethyl adjacent to an activating group) is 1. The molecule has 0 fully saturated rings. The molecule has 0 aromatic carbocycles. The topological polar surface area (TPSA) is 111 Å². The average molecular weight is 1010 g/mol. The van der Waals surface area contributed by atoms with Gasteiger partial charge < -0.3 is 27.9 Å². The molecule has 2 unspecified atom stereocenters. The van der Waals surface area contributed by atoms with Gasteiger partial charge in [-0.3, -0.25) is 14.2 Å². The summed E-state index contributed by atoms with van der Waals surface area (Å²) in [5.41, 5.74) is 0. The molecule has 0 aliphatic heterocycles. The van der Waals surface area contributed by atoms with Crippen molar-refractivity contribution in [1.82, 2.24) is 0 Å². The Kier molecular flexibility index (Phi) is 48.7. The van der Waals surface area contributed by atoms with Gasteiger partial charge in [0.15, 0.2) is 6.10 Å². The van der Waals surface area contributed by atoms with Crippen LogP contribution in [0.1, 0.15) is 200 Å². The molecular formula is C61H102NO8P. The molecular weight excluding hydrogens is 906 g/mol. The number of phosphoric acid groups is 1. The van der Waals surface area contributed by atoms with E-state index in [9.17, 15) is 19.0 Å². The number of rotatable bonds is 49. The number of esters is 2. The van der Waals surface area contributed by atoms with Gasteiger partial charge in [0.1, 0.15) is 19.8 Å². The predicted octanol–water partition coefficient (Wildman–Crippen LogP) is 16.6. The Morgan fingerprint density at radius 2 is 0.803 bits per heavy atom. The Hall–Kier alpha value is -3.59. The first kappa shape index (κ1) is 67.4. The van der Waals surface area contributed by atoms with E-state index in [-0.39, 0.29) is 26.1 Å². The van der Waals surface area contributed by atoms with Crippen molar-refractivity contribution in [1.29, 1.82) is 0 Å². The van der Waals surface area contributed by atoms with Gasteiger partial charge in [-0.15, -0.1) is 0 Å². The molecule has 2 atom stereocenters. The van der Waals surface area contributed by atoms with Crippen LogP contribution in [0.3, 0.4) is 0 Å². The lowest BCUT2D eigenvalue weighted by Crippen LogP contribution is -2.37. The van der Waals surface area contributed by atoms with Crippen LogP contribution in [-0.2, 0) is 32.7 Å². The molecule has 0 radical (unpaired) electrons. The van der Waals surface area contributed by atoms with Crippen molar-refractivity contribution in [2.45, 2.75) is 206 Å². The number of hydrogen-bond acceptors (Lipinski definition) is 8. The minimum absolute atomic E-state index is 0.0449. The fourth-order valence-corrected chi connectivity index (χ4v) is 7.70. The number of unbranched alkanes of at least 4 members (excludes halogenated alkanes) is 15. The highest BCUT2D eigenvalue weighted by atomic mass is 31.2. The van der Waals surface area contributed by atoms with Crippen molar-refractivity contribution in [3.8, 4) is 0 Å². The first-order valence-electron chi connectivity index (χ1n) is 27.7. The number of hydrogen-bond donors (Lipinski definition) is 0. The number of ether oxygens (including phenoxy) is 2. The smallest absolute Gasteiger partial charge is 0.306 e. The molecule has 9 nitrogen and oxygen atoms in total. The van der Waals surface area contributed by atoms with E-state index in [0.717, 1.165) is 96.3 Å². The van der Waals surface area contributed by atoms with E-state index in [2.05, 4.69) is 135 Å². The lowest BCUT2D eigenvalue weighted by molar-refractivity contribution is -0.870. The van der Waals surface area contributed by atoms with Gasteiger partial charge in [-0.05, 0) is 89.9 Å². The summed E-state index contributed by atoms with van der Waals surface area (Å²) >= 11 is 0. The fourth-order valence-electron chi connectivity index (χ4n) is 6.98. The highest BCUT2D eigenvalue weighted by Crippen LogP contribution is 2.38. The summed E-state index contributed by atoms with van der Waals surface area (Å²) in [7, 11) is 1.12. The molecule has 0 N–H and O–H groups in total. The molecule has 0 aliphatic rings. The van der Waals surface area contributed by atoms with Crippen LogP contribution in [0.5, 0.6) is 0 Å². The molecule has 0 amide bonds. The highest BCUT2D eigenvalue weighted by Gasteiger charge is 2.21. The predicted molar refractivity (Wildman–Crippen MR) is 300 cm³/mol. The third-order valence-corrected chi connectivity index (χ3v) is 12.2. The minimum Gasteiger partial charge on any atom is -0.756 e. The normalized spacial score (nSPS) is 14.3. The number of phosphoric ester groups is 1. The highest BCUT2D eigenvalue weighted by molar-refractivity contribution is 7.45. The van der Waals surface area contributed by atoms with Crippen molar-refractivity contribution in [3.05, 3.63) is 122 Å². The van der Waals surface area contributed by atoms with E-state index >= 15 is 0 Å². The standard InChI is InChI=1S/C61H102NO8P/c1-6-8-10-12-14-16-18-20-22-23-24-25-26-27-28-29-30-31-32-33-34-35-36-37-38-39-40-42-44-46-48-50-52-54-61(64)70-59(58-69-71(65,66)68-56-55-62(3,4)5)57-67-60(63)53-51-49-47-45-43-41-21-19-17-15-13-11-9-7-2/h8,10,14,16,20,22,24-25,27-28,30-31,33-34,36-37,39-40,44,46,59H,6-7,9,11-13,15,17-19,21,23,26,29,32,35,38,41-43,45,47-58H2,1-5H3/b10-8-,16-14-,22-20-,25-24-,28-27-,31-30-,34-33-,37-36-,40-39-,46-44-. The van der Waals surface area contributed by atoms with Gasteiger partial charge >= 0.3 is 11.9 Å². The summed E-state index contributed by atoms with van der Waals surface area (Å²) in [6, 6.07) is 0. The van der Waals surface area contributed by atoms with Crippen molar-refractivity contribution in [2.75, 3.05) is 47.5 Å². The third kappa shape index (κ3) is 55.6. The maximum Gasteiger partial charge on any atom is 0.306 e. The van der Waals surface area contributed by atoms with Gasteiger partial charge in [0.05, 0.1) is 27.7 Å². The van der Waals surface area contributed by atoms with Gasteiger partial charge in [0.25, 0.3) is 7.82 Å². The second-order valence-corrected chi connectivity index (χ2v) is 20.6. The first-order valence-corrected chi connectivity index (χ1v) is 29.2. The summed E-state index contributed by atoms with van der Waals surface area (Å²) in [4.78, 5) is 37.7. The molecule has 0 heterocycles. The van der Waals surface area contributed by atoms with Gasteiger partial charge in [-0.1, -0.05) is 219 Å². The molecule has 0 aromatic rings. The van der Waals surface area contributed by atoms with Crippen LogP contribution in [0, 0.1) is 0 Å². The van der Waals surface area contributed by atoms with Crippen molar-refractivity contribution >= 4 is 19.8 Å². The molecule has 0 rings (SSSR count). The largest absolute Gasteiger partial charge is 0.756 e. The van der Waals surface area contributed by atoms with Crippen molar-refractivity contribution in [2.24, 2.45) is 0 Å². The van der Waals surface area contributed by atoms with Crippen LogP contribution in [0.4, 0.5) is 0 Å². The maximum absolute atomic E-state index is 12.8. The summed E-state index contributed by atoms with van der Waals surface area (Å²) in [6.07, 6.45) is 72.5. The molecule has 71 heavy (non-hydrogen) atoms. The van der Waals surface area contributed by atoms with E-state index in [0.29, 0.717) is 17.4 Å². The number of quaternary nitrogens is 1. The summed E-state index contributed by atoms with van der Waals surface area (Å²) < 4.78 is 34.0. The summed E-state index contributed by atoms with van der Waals surface area (Å²) in [6.45, 7) is 4.05. The summed E-state index contributed by atoms with van der Waals surface area (Å²) in [5.74, 6) is -0.891. The lowest BCUT2D eigenvalue weighted by atomic mass is 10.0. The molecule has 0 aromatic heterocycles. The van der Waals surface area contributed by atoms with Crippen LogP contribution >= 0.6 is 7.82 Å². The van der Waals surface area contributed by atoms with Crippen LogP contribution in [0.2, 0.25) is 0 Å². The minimum atomic E-state index is -4.65. The Balaban J connectivity index is 4.30. The second kappa shape index (κ2) is 51.3. The Labute approximate surface area is 435 Å². The lowest BCUT2D eigenvalue weighted by Gasteiger charge is -2.28. The zero-order chi connectivity index (χ0) is 52.0. The SMILES string of the molecule is CC/C=C\C/C=C\C/C=C\C/C=C\C/C=C\C/C=C\C/C=C\C/C=C\C/C=C\C/C=C\CCCCC(=O)OC(COC(=O)CCCCCCCCCCCCCCCC)COP(=O)([O-])OCC[N+](C)(C)C. The molecule has 404 valence electrons. The van der Waals surface area contributed by atoms with E-state index in [4.69, 9.17) is 18.5 Å². The quantitative estimate of drug-likeness (QED) is 0.0195. The van der Waals surface area contributed by atoms with Gasteiger partial charge in [-0.25, -0.2) is 0 Å². The second-order valence-electron chi connectivity index (χ2n) is 19.2. The Bertz CT molecular complexity index is 1610. The number of carbonyl (C=O) groups is 2. The zero-order valence-corrected chi connectivity index (χ0v) is 46.5. The number of nitrogens with zero attached hydrogens (tertiary/aromatic N) is 1. The van der Waals surface area contributed by atoms with Crippen LogP contribution < -0.4 is 4.89 Å². The number of carbonyl (C=O) groups excluding carboxylic acids is 2. The molecule has 0 spiro atoms. The van der Waals surface area contributed by atoms with E-state index < -0.39 is 32.5 Å². The molecule has 0 saturated carbocycles. The molecule has 10 heteroatoms. The van der Waals surface area contributed by atoms with Gasteiger partial charge in [-0.2, -0.15) is 0 Å². The zero-order valence-electron chi connectivity index (χ0n) is 45.6. The van der Waals surface area contributed by atoms with Crippen molar-refractivity contribution < 1.29 is 42.1 Å².